The molecule has 0 unspecified atom stereocenters. The molecule has 0 bridgehead atoms. The summed E-state index contributed by atoms with van der Waals surface area (Å²) in [4.78, 5) is 18.1. The second-order valence-electron chi connectivity index (χ2n) is 4.77. The monoisotopic (exact) mass is 348 g/mol. The molecule has 22 heavy (non-hydrogen) atoms. The Kier molecular flexibility index (Phi) is 4.61. The van der Waals surface area contributed by atoms with Gasteiger partial charge in [0, 0.05) is 18.0 Å². The van der Waals surface area contributed by atoms with Crippen molar-refractivity contribution >= 4 is 51.7 Å². The average molecular weight is 349 g/mol. The Bertz CT molecular complexity index is 696. The van der Waals surface area contributed by atoms with Crippen molar-refractivity contribution in [2.45, 2.75) is 18.7 Å². The van der Waals surface area contributed by atoms with Crippen LogP contribution in [0, 0.1) is 0 Å². The number of carbonyl (C=O) groups is 1. The molecule has 1 saturated heterocycles. The van der Waals surface area contributed by atoms with Gasteiger partial charge in [-0.1, -0.05) is 47.9 Å². The molecule has 0 aromatic heterocycles. The van der Waals surface area contributed by atoms with Gasteiger partial charge in [0.05, 0.1) is 15.6 Å². The minimum absolute atomic E-state index is 0.0120. The summed E-state index contributed by atoms with van der Waals surface area (Å²) in [6.45, 7) is 5.60. The number of fused-ring (bicyclic) bond motifs is 1. The van der Waals surface area contributed by atoms with Crippen molar-refractivity contribution in [3.05, 3.63) is 46.4 Å². The summed E-state index contributed by atoms with van der Waals surface area (Å²) in [5.74, 6) is 0.0120. The van der Waals surface area contributed by atoms with Gasteiger partial charge in [0.1, 0.15) is 4.32 Å². The summed E-state index contributed by atoms with van der Waals surface area (Å²) < 4.78 is 0.645. The summed E-state index contributed by atoms with van der Waals surface area (Å²) in [6.07, 6.45) is 3.92. The van der Waals surface area contributed by atoms with Gasteiger partial charge in [-0.25, -0.2) is 0 Å². The zero-order chi connectivity index (χ0) is 15.7. The molecule has 2 aliphatic heterocycles. The van der Waals surface area contributed by atoms with E-state index in [4.69, 9.17) is 12.2 Å². The first-order chi connectivity index (χ1) is 10.7. The Morgan fingerprint density at radius 2 is 1.82 bits per heavy atom. The molecule has 0 saturated carbocycles. The lowest BCUT2D eigenvalue weighted by Gasteiger charge is -2.17. The molecule has 1 fully saturated rings. The predicted molar refractivity (Wildman–Crippen MR) is 99.1 cm³/mol. The number of anilines is 1. The lowest BCUT2D eigenvalue weighted by Crippen LogP contribution is -2.27. The number of hydrogen-bond donors (Lipinski definition) is 0. The van der Waals surface area contributed by atoms with Crippen LogP contribution >= 0.6 is 35.7 Å². The molecule has 3 nitrogen and oxygen atoms in total. The van der Waals surface area contributed by atoms with Gasteiger partial charge in [-0.05, 0) is 38.1 Å². The van der Waals surface area contributed by atoms with Gasteiger partial charge in [0.15, 0.2) is 0 Å². The zero-order valence-corrected chi connectivity index (χ0v) is 14.9. The molecule has 1 aromatic carbocycles. The highest BCUT2D eigenvalue weighted by atomic mass is 32.2. The number of hydrogen-bond acceptors (Lipinski definition) is 5. The predicted octanol–water partition coefficient (Wildman–Crippen LogP) is 4.22. The number of thiocarbonyl (C=S) groups is 1. The van der Waals surface area contributed by atoms with E-state index in [-0.39, 0.29) is 5.91 Å². The van der Waals surface area contributed by atoms with E-state index in [9.17, 15) is 4.79 Å². The summed E-state index contributed by atoms with van der Waals surface area (Å²) in [5, 5.41) is 1.14. The van der Waals surface area contributed by atoms with Gasteiger partial charge < -0.3 is 4.90 Å². The molecule has 6 heteroatoms. The molecular weight excluding hydrogens is 332 g/mol. The number of nitrogens with zero attached hydrogens (tertiary/aromatic N) is 2. The van der Waals surface area contributed by atoms with Gasteiger partial charge in [-0.15, -0.1) is 0 Å². The van der Waals surface area contributed by atoms with E-state index in [1.165, 1.54) is 22.3 Å². The van der Waals surface area contributed by atoms with Crippen LogP contribution in [0.1, 0.15) is 13.8 Å². The number of carbonyl (C=O) groups excluding carboxylic acids is 1. The second-order valence-corrected chi connectivity index (χ2v) is 7.51. The fourth-order valence-electron chi connectivity index (χ4n) is 2.44. The highest BCUT2D eigenvalue weighted by Crippen LogP contribution is 2.45. The normalized spacial score (nSPS) is 21.4. The quantitative estimate of drug-likeness (QED) is 0.601. The molecule has 1 aromatic rings. The molecule has 0 radical (unpaired) electrons. The van der Waals surface area contributed by atoms with Crippen LogP contribution in [0.5, 0.6) is 0 Å². The molecule has 0 aliphatic carbocycles. The van der Waals surface area contributed by atoms with Gasteiger partial charge in [-0.2, -0.15) is 0 Å². The topological polar surface area (TPSA) is 23.6 Å². The third-order valence-electron chi connectivity index (χ3n) is 3.52. The lowest BCUT2D eigenvalue weighted by molar-refractivity contribution is -0.122. The molecule has 2 aliphatic rings. The number of amides is 1. The molecule has 0 N–H and O–H groups in total. The Morgan fingerprint density at radius 1 is 1.09 bits per heavy atom. The maximum atomic E-state index is 12.2. The van der Waals surface area contributed by atoms with Crippen molar-refractivity contribution in [1.82, 2.24) is 4.90 Å². The highest BCUT2D eigenvalue weighted by Gasteiger charge is 2.30. The standard InChI is InChI=1S/C16H16N2OS3/c1-3-17-11-7-5-6-8-12(11)21-14(17)10-9-13-15(19)18(4-2)16(20)22-13/h5-10H,3-4H2,1-2H3/b13-9-,14-10-. The molecular formula is C16H16N2OS3. The van der Waals surface area contributed by atoms with Gasteiger partial charge in [0.25, 0.3) is 5.91 Å². The SMILES string of the molecule is CCN1C(=O)/C(=C/C=C2\Sc3ccccc3N2CC)SC1=S. The fraction of sp³-hybridized carbons (Fsp3) is 0.250. The van der Waals surface area contributed by atoms with Crippen LogP contribution in [0.15, 0.2) is 51.2 Å². The van der Waals surface area contributed by atoms with Crippen LogP contribution in [0.2, 0.25) is 0 Å². The van der Waals surface area contributed by atoms with Gasteiger partial charge >= 0.3 is 0 Å². The maximum Gasteiger partial charge on any atom is 0.266 e. The van der Waals surface area contributed by atoms with Crippen LogP contribution in [0.4, 0.5) is 5.69 Å². The number of allylic oxidation sites excluding steroid dienone is 2. The van der Waals surface area contributed by atoms with E-state index in [1.807, 2.05) is 19.1 Å². The largest absolute Gasteiger partial charge is 0.335 e. The number of benzene rings is 1. The first-order valence-corrected chi connectivity index (χ1v) is 9.20. The fourth-order valence-corrected chi connectivity index (χ4v) is 4.89. The van der Waals surface area contributed by atoms with Crippen molar-refractivity contribution in [3.63, 3.8) is 0 Å². The number of rotatable bonds is 3. The second kappa shape index (κ2) is 6.48. The van der Waals surface area contributed by atoms with E-state index in [0.29, 0.717) is 15.8 Å². The number of likely N-dealkylation sites (N-methyl/N-ethyl adjacent to an activating group) is 1. The van der Waals surface area contributed by atoms with Crippen LogP contribution < -0.4 is 4.90 Å². The molecule has 0 atom stereocenters. The average Bonchev–Trinajstić information content (AvgIpc) is 3.01. The number of para-hydroxylation sites is 1. The van der Waals surface area contributed by atoms with Crippen LogP contribution in [0.3, 0.4) is 0 Å². The van der Waals surface area contributed by atoms with E-state index in [2.05, 4.69) is 36.1 Å². The van der Waals surface area contributed by atoms with Gasteiger partial charge in [0.2, 0.25) is 0 Å². The first kappa shape index (κ1) is 15.6. The zero-order valence-electron chi connectivity index (χ0n) is 12.4. The molecule has 1 amide bonds. The molecule has 114 valence electrons. The van der Waals surface area contributed by atoms with Crippen molar-refractivity contribution < 1.29 is 4.79 Å². The molecule has 2 heterocycles. The van der Waals surface area contributed by atoms with E-state index < -0.39 is 0 Å². The lowest BCUT2D eigenvalue weighted by atomic mass is 10.3. The highest BCUT2D eigenvalue weighted by molar-refractivity contribution is 8.26. The Hall–Kier alpha value is -1.24. The third-order valence-corrected chi connectivity index (χ3v) is 6.05. The Balaban J connectivity index is 1.87. The minimum Gasteiger partial charge on any atom is -0.335 e. The van der Waals surface area contributed by atoms with Crippen LogP contribution in [-0.4, -0.2) is 28.2 Å². The summed E-state index contributed by atoms with van der Waals surface area (Å²) in [7, 11) is 0. The first-order valence-electron chi connectivity index (χ1n) is 7.15. The van der Waals surface area contributed by atoms with Crippen molar-refractivity contribution in [2.75, 3.05) is 18.0 Å². The Labute approximate surface area is 144 Å². The minimum atomic E-state index is 0.0120. The van der Waals surface area contributed by atoms with E-state index in [1.54, 1.807) is 16.7 Å². The smallest absolute Gasteiger partial charge is 0.266 e. The van der Waals surface area contributed by atoms with E-state index in [0.717, 1.165) is 11.6 Å². The number of thioether (sulfide) groups is 2. The Morgan fingerprint density at radius 3 is 2.50 bits per heavy atom. The summed E-state index contributed by atoms with van der Waals surface area (Å²) in [6, 6.07) is 8.36. The van der Waals surface area contributed by atoms with Crippen LogP contribution in [-0.2, 0) is 4.79 Å². The molecule has 3 rings (SSSR count). The van der Waals surface area contributed by atoms with Gasteiger partial charge in [-0.3, -0.25) is 9.69 Å². The summed E-state index contributed by atoms with van der Waals surface area (Å²) in [5.41, 5.74) is 1.23. The maximum absolute atomic E-state index is 12.2. The van der Waals surface area contributed by atoms with Crippen molar-refractivity contribution in [1.29, 1.82) is 0 Å². The summed E-state index contributed by atoms with van der Waals surface area (Å²) >= 11 is 8.35. The van der Waals surface area contributed by atoms with Crippen molar-refractivity contribution in [3.8, 4) is 0 Å². The molecule has 0 spiro atoms. The van der Waals surface area contributed by atoms with Crippen LogP contribution in [0.25, 0.3) is 0 Å². The van der Waals surface area contributed by atoms with E-state index >= 15 is 0 Å². The van der Waals surface area contributed by atoms with Crippen molar-refractivity contribution in [2.24, 2.45) is 0 Å². The third kappa shape index (κ3) is 2.71.